The summed E-state index contributed by atoms with van der Waals surface area (Å²) in [6, 6.07) is 0. The molecule has 1 nitrogen and oxygen atoms in total. The Labute approximate surface area is 261 Å². The van der Waals surface area contributed by atoms with Crippen molar-refractivity contribution in [1.29, 1.82) is 0 Å². The second kappa shape index (κ2) is 13.8. The molecule has 302 valence electrons. The van der Waals surface area contributed by atoms with Crippen molar-refractivity contribution in [3.63, 3.8) is 0 Å². The van der Waals surface area contributed by atoms with Crippen LogP contribution in [-0.4, -0.2) is 103 Å². The van der Waals surface area contributed by atoms with Gasteiger partial charge in [0.1, 0.15) is 0 Å². The average molecular weight is 812 g/mol. The van der Waals surface area contributed by atoms with Crippen LogP contribution in [0.15, 0.2) is 0 Å². The van der Waals surface area contributed by atoms with Crippen molar-refractivity contribution >= 4 is 0 Å². The van der Waals surface area contributed by atoms with Gasteiger partial charge in [0, 0.05) is 38.5 Å². The molecule has 0 unspecified atom stereocenters. The first-order valence-corrected chi connectivity index (χ1v) is 12.8. The Bertz CT molecular complexity index is 974. The van der Waals surface area contributed by atoms with Crippen LogP contribution >= 0.6 is 0 Å². The van der Waals surface area contributed by atoms with E-state index in [4.69, 9.17) is 0 Å². The topological polar surface area (TPSA) is 0 Å². The van der Waals surface area contributed by atoms with Crippen LogP contribution in [-0.2, 0) is 0 Å². The smallest absolute Gasteiger partial charge is 0.326 e. The summed E-state index contributed by atoms with van der Waals surface area (Å²) >= 11 is 0. The van der Waals surface area contributed by atoms with E-state index in [0.29, 0.717) is 7.05 Å². The molecule has 28 heteroatoms. The lowest BCUT2D eigenvalue weighted by atomic mass is 9.97. The number of hydrogen-bond donors (Lipinski definition) is 0. The summed E-state index contributed by atoms with van der Waals surface area (Å²) in [5.41, 5.74) is 0. The van der Waals surface area contributed by atoms with Gasteiger partial charge >= 0.3 is 71.8 Å². The highest BCUT2D eigenvalue weighted by atomic mass is 19.4. The van der Waals surface area contributed by atoms with E-state index in [9.17, 15) is 119 Å². The van der Waals surface area contributed by atoms with Crippen LogP contribution in [0.25, 0.3) is 0 Å². The monoisotopic (exact) mass is 812 g/mol. The number of halogens is 27. The molecule has 0 spiro atoms. The molecule has 0 amide bonds. The van der Waals surface area contributed by atoms with Crippen molar-refractivity contribution < 1.29 is 123 Å². The molecule has 0 N–H and O–H groups in total. The molecule has 0 bridgehead atoms. The molecule has 0 aromatic carbocycles. The summed E-state index contributed by atoms with van der Waals surface area (Å²) in [6.07, 6.45) is -35.8. The predicted octanol–water partition coefficient (Wildman–Crippen LogP) is 11.2. The van der Waals surface area contributed by atoms with E-state index in [1.165, 1.54) is 0 Å². The van der Waals surface area contributed by atoms with Gasteiger partial charge in [0.2, 0.25) is 0 Å². The van der Waals surface area contributed by atoms with Gasteiger partial charge < -0.3 is 4.48 Å². The zero-order chi connectivity index (χ0) is 40.9. The Morgan fingerprint density at radius 2 is 0.440 bits per heavy atom. The maximum Gasteiger partial charge on any atom is 0.460 e. The minimum atomic E-state index is -7.45. The third-order valence-electron chi connectivity index (χ3n) is 7.20. The molecule has 50 heavy (non-hydrogen) atoms. The molecule has 0 saturated carbocycles. The van der Waals surface area contributed by atoms with Crippen LogP contribution in [0.3, 0.4) is 0 Å². The Morgan fingerprint density at radius 3 is 0.580 bits per heavy atom. The third-order valence-corrected chi connectivity index (χ3v) is 7.20. The summed E-state index contributed by atoms with van der Waals surface area (Å²) < 4.78 is 351. The normalized spacial score (nSPS) is 16.3. The summed E-state index contributed by atoms with van der Waals surface area (Å²) in [7, 11) is 0.335. The lowest BCUT2D eigenvalue weighted by Gasteiger charge is -2.38. The molecule has 0 aliphatic carbocycles. The Kier molecular flexibility index (Phi) is 13.3. The molecular weight excluding hydrogens is 791 g/mol. The Hall–Kier alpha value is -1.93. The largest absolute Gasteiger partial charge is 0.460 e. The zero-order valence-electron chi connectivity index (χ0n) is 24.0. The van der Waals surface area contributed by atoms with Gasteiger partial charge in [-0.3, -0.25) is 0 Å². The fourth-order valence-corrected chi connectivity index (χ4v) is 4.08. The summed E-state index contributed by atoms with van der Waals surface area (Å²) in [5.74, 6) is -63.3. The maximum absolute atomic E-state index is 13.9. The van der Waals surface area contributed by atoms with Crippen molar-refractivity contribution in [3.8, 4) is 0 Å². The van der Waals surface area contributed by atoms with Gasteiger partial charge in [0.05, 0.1) is 26.7 Å². The second-order valence-electron chi connectivity index (χ2n) is 11.2. The van der Waals surface area contributed by atoms with E-state index in [-0.39, 0.29) is 0 Å². The minimum Gasteiger partial charge on any atom is -0.326 e. The highest BCUT2D eigenvalue weighted by Gasteiger charge is 2.83. The predicted molar refractivity (Wildman–Crippen MR) is 111 cm³/mol. The summed E-state index contributed by atoms with van der Waals surface area (Å²) in [4.78, 5) is 0. The number of alkyl halides is 27. The van der Waals surface area contributed by atoms with Crippen LogP contribution in [0, 0.1) is 0 Å². The van der Waals surface area contributed by atoms with Crippen LogP contribution in [0.1, 0.15) is 38.5 Å². The minimum absolute atomic E-state index is 0.335. The van der Waals surface area contributed by atoms with Crippen molar-refractivity contribution in [1.82, 2.24) is 0 Å². The van der Waals surface area contributed by atoms with Gasteiger partial charge in [0.25, 0.3) is 0 Å². The van der Waals surface area contributed by atoms with E-state index in [1.54, 1.807) is 0 Å². The van der Waals surface area contributed by atoms with Crippen LogP contribution < -0.4 is 0 Å². The highest BCUT2D eigenvalue weighted by molar-refractivity contribution is 5.02. The van der Waals surface area contributed by atoms with E-state index in [1.807, 2.05) is 0 Å². The zero-order valence-corrected chi connectivity index (χ0v) is 24.0. The standard InChI is InChI=1S/C22H21F27N/c1-50(8-2-5-11(23,24)14(29,30)17(35,36)20(41,42)43,9-3-6-12(25,26)15(31,32)18(37,38)21(44,45)46)10-4-7-13(27,28)16(33,34)19(39,40)22(47,48)49/h2-10H2,1H3/q+1. The van der Waals surface area contributed by atoms with Gasteiger partial charge in [-0.15, -0.1) is 0 Å². The molecular formula is C22H21F27N+. The number of nitrogens with zero attached hydrogens (tertiary/aromatic N) is 1. The van der Waals surface area contributed by atoms with E-state index < -0.39 is 134 Å². The molecule has 0 aliphatic rings. The van der Waals surface area contributed by atoms with Crippen LogP contribution in [0.4, 0.5) is 119 Å². The average Bonchev–Trinajstić information content (AvgIpc) is 2.85. The first-order chi connectivity index (χ1) is 21.4. The van der Waals surface area contributed by atoms with Crippen molar-refractivity contribution in [2.45, 2.75) is 110 Å². The van der Waals surface area contributed by atoms with Crippen LogP contribution in [0.5, 0.6) is 0 Å². The summed E-state index contributed by atoms with van der Waals surface area (Å²) in [6.45, 7) is -4.74. The first-order valence-electron chi connectivity index (χ1n) is 12.8. The highest BCUT2D eigenvalue weighted by Crippen LogP contribution is 2.57. The van der Waals surface area contributed by atoms with E-state index >= 15 is 0 Å². The molecule has 0 fully saturated rings. The van der Waals surface area contributed by atoms with Gasteiger partial charge in [-0.2, -0.15) is 119 Å². The lowest BCUT2D eigenvalue weighted by Crippen LogP contribution is -2.61. The molecule has 0 heterocycles. The van der Waals surface area contributed by atoms with Gasteiger partial charge in [0.15, 0.2) is 0 Å². The molecule has 0 aliphatic heterocycles. The fourth-order valence-electron chi connectivity index (χ4n) is 4.08. The van der Waals surface area contributed by atoms with Gasteiger partial charge in [-0.05, 0) is 0 Å². The molecule has 0 atom stereocenters. The maximum atomic E-state index is 13.9. The SMILES string of the molecule is C[N+](CCCC(F)(F)C(F)(F)C(F)(F)C(F)(F)F)(CCCC(F)(F)C(F)(F)C(F)(F)C(F)(F)F)CCCC(F)(F)C(F)(F)C(F)(F)C(F)(F)F. The lowest BCUT2D eigenvalue weighted by molar-refractivity contribution is -0.910. The first kappa shape index (κ1) is 48.1. The van der Waals surface area contributed by atoms with Gasteiger partial charge in [-0.25, -0.2) is 0 Å². The van der Waals surface area contributed by atoms with E-state index in [0.717, 1.165) is 0 Å². The van der Waals surface area contributed by atoms with Crippen molar-refractivity contribution in [2.24, 2.45) is 0 Å². The number of hydrogen-bond acceptors (Lipinski definition) is 0. The van der Waals surface area contributed by atoms with E-state index in [2.05, 4.69) is 0 Å². The van der Waals surface area contributed by atoms with Crippen molar-refractivity contribution in [3.05, 3.63) is 0 Å². The quantitative estimate of drug-likeness (QED) is 0.0955. The third kappa shape index (κ3) is 8.81. The molecule has 0 saturated heterocycles. The second-order valence-corrected chi connectivity index (χ2v) is 11.2. The molecule has 0 aromatic heterocycles. The van der Waals surface area contributed by atoms with Crippen molar-refractivity contribution in [2.75, 3.05) is 26.7 Å². The number of rotatable bonds is 18. The summed E-state index contributed by atoms with van der Waals surface area (Å²) in [5, 5.41) is 0. The molecule has 0 radical (unpaired) electrons. The Balaban J connectivity index is 6.34. The number of quaternary nitrogens is 1. The fraction of sp³-hybridized carbons (Fsp3) is 1.00. The molecule has 0 rings (SSSR count). The van der Waals surface area contributed by atoms with Gasteiger partial charge in [-0.1, -0.05) is 0 Å². The van der Waals surface area contributed by atoms with Crippen LogP contribution in [0.2, 0.25) is 0 Å². The molecule has 0 aromatic rings. The Morgan fingerprint density at radius 1 is 0.280 bits per heavy atom.